The number of carbonyl (C=O) groups is 2. The number of rotatable bonds is 26. The van der Waals surface area contributed by atoms with E-state index in [9.17, 15) is 59.1 Å². The Balaban J connectivity index is 0.000000277. The zero-order valence-electron chi connectivity index (χ0n) is 76.7. The highest BCUT2D eigenvalue weighted by Crippen LogP contribution is 2.35. The Morgan fingerprint density at radius 3 is 1.66 bits per heavy atom. The second-order valence-corrected chi connectivity index (χ2v) is 23.4. The molecule has 2 aromatic heterocycles. The molecule has 0 N–H and O–H groups in total. The number of hydrogen-bond acceptors (Lipinski definition) is 10. The summed E-state index contributed by atoms with van der Waals surface area (Å²) in [5, 5.41) is -1.02. The van der Waals surface area contributed by atoms with Crippen molar-refractivity contribution < 1.29 is 77.6 Å². The molecule has 0 saturated carbocycles. The van der Waals surface area contributed by atoms with Crippen LogP contribution >= 0.6 is 23.5 Å². The lowest BCUT2D eigenvalue weighted by molar-refractivity contribution is -0.138. The van der Waals surface area contributed by atoms with E-state index in [1.807, 2.05) is 18.7 Å². The Bertz CT molecular complexity index is 5320. The number of aromatic nitrogens is 4. The van der Waals surface area contributed by atoms with E-state index in [1.165, 1.54) is 31.2 Å². The zero-order chi connectivity index (χ0) is 90.1. The highest BCUT2D eigenvalue weighted by molar-refractivity contribution is 7.98. The van der Waals surface area contributed by atoms with Crippen LogP contribution < -0.4 is 11.1 Å². The highest BCUT2D eigenvalue weighted by atomic mass is 32.2. The number of amides is 2. The van der Waals surface area contributed by atoms with Crippen molar-refractivity contribution in [2.75, 3.05) is 52.4 Å². The fraction of sp³-hybridized carbons (Fsp3) is 0.378. The van der Waals surface area contributed by atoms with Crippen LogP contribution in [0.2, 0.25) is 0 Å². The Morgan fingerprint density at radius 2 is 1.09 bits per heavy atom. The standard InChI is InChI=1S/2C37H40F4N4O2S/c1-4-43(5-2)18-19-44(22-26-6-10-28(11-7-26)29-12-14-30(15-13-29)37(39,40)41)34(46)23-45-33-21-25(3)20-32(33)35(47)42-36(45)48-24-27-8-16-31(38)17-9-27;1-4-43(5-2)21-22-44(25(3)27-11-13-28(14-12-27)29-15-17-30(18-16-29)37(39,40)41)34(46)23-45-33-8-6-7-32(33)35(47)42-36(45)48-24-26-9-19-31(38)20-10-26/h6-17,25H,4-5,18-24H2,1-3H3;9-20,25H,4-8,21-24H2,1-3H3/i6D,7D,10D,11D,12D,13D,14D,15D,20D2,21D2,22D2,23D2,25D;9D,10D,19D,20D,23D2,25D. The number of fused-ring (bicyclic) bond motifs is 2. The largest absolute Gasteiger partial charge is 0.416 e. The molecule has 2 unspecified atom stereocenters. The number of alkyl halides is 6. The van der Waals surface area contributed by atoms with Gasteiger partial charge in [-0.3, -0.25) is 19.2 Å². The van der Waals surface area contributed by atoms with E-state index in [0.29, 0.717) is 71.7 Å². The molecule has 0 aliphatic heterocycles. The summed E-state index contributed by atoms with van der Waals surface area (Å²) in [6.07, 6.45) is -15.4. The molecule has 0 fully saturated rings. The molecule has 508 valence electrons. The molecule has 0 spiro atoms. The van der Waals surface area contributed by atoms with Gasteiger partial charge in [0.2, 0.25) is 11.8 Å². The van der Waals surface area contributed by atoms with Gasteiger partial charge in [-0.25, -0.2) is 8.78 Å². The quantitative estimate of drug-likeness (QED) is 0.0295. The second kappa shape index (κ2) is 32.9. The minimum Gasteiger partial charge on any atom is -0.336 e. The average molecular weight is 1390 g/mol. The second-order valence-electron chi connectivity index (χ2n) is 21.5. The topological polar surface area (TPSA) is 117 Å². The summed E-state index contributed by atoms with van der Waals surface area (Å²) in [5.41, 5.74) is -8.53. The first-order chi connectivity index (χ1) is 55.4. The smallest absolute Gasteiger partial charge is 0.336 e. The summed E-state index contributed by atoms with van der Waals surface area (Å²) in [4.78, 5) is 69.5. The number of carbonyl (C=O) groups excluding carboxylic acids is 2. The number of benzene rings is 6. The SMILES string of the molecule is [2H]c1c([2H])c(C(F)(F)F)c([2H])c([2H])c1-c1c([2H])c([2H])c(C([2H])([2H])N(CCN(CC)CC)C(=O)C([2H])([2H])n2c(SCc3ccc(F)cc3)nc(=O)c3c2C([2H])([2H])C([2H])(C)C3([2H])[2H])c([2H])c1[2H].[2H]c1c([2H])c(CSc2nc(=O)c3c(n2C([2H])([2H])C(=O)N(CCN(CC)CC)C([2H])(C)c2ccc(-c4ccc(C(F)(F)F)cc4)cc2)CCC3)c([2H])c([2H])c1F. The van der Waals surface area contributed by atoms with Gasteiger partial charge >= 0.3 is 12.4 Å². The summed E-state index contributed by atoms with van der Waals surface area (Å²) >= 11 is 1.24. The highest BCUT2D eigenvalue weighted by Gasteiger charge is 2.33. The molecular formula is C74H80F8N8O4S2. The van der Waals surface area contributed by atoms with Gasteiger partial charge in [-0.2, -0.15) is 36.3 Å². The van der Waals surface area contributed by atoms with E-state index in [1.54, 1.807) is 43.0 Å². The molecule has 2 amide bonds. The van der Waals surface area contributed by atoms with Crippen LogP contribution in [0.25, 0.3) is 22.3 Å². The molecule has 2 atom stereocenters. The lowest BCUT2D eigenvalue weighted by Crippen LogP contribution is -2.42. The van der Waals surface area contributed by atoms with E-state index in [4.69, 9.17) is 23.3 Å². The van der Waals surface area contributed by atoms with Gasteiger partial charge in [0.05, 0.1) is 43.2 Å². The van der Waals surface area contributed by atoms with Gasteiger partial charge in [0, 0.05) is 73.6 Å². The van der Waals surface area contributed by atoms with Crippen LogP contribution in [0.3, 0.4) is 0 Å². The third-order valence-corrected chi connectivity index (χ3v) is 17.3. The van der Waals surface area contributed by atoms with Crippen LogP contribution in [-0.4, -0.2) is 103 Å². The maximum atomic E-state index is 15.1. The average Bonchev–Trinajstić information content (AvgIpc) is 1.51. The fourth-order valence-electron chi connectivity index (χ4n) is 9.95. The molecule has 6 aromatic carbocycles. The van der Waals surface area contributed by atoms with Crippen molar-refractivity contribution >= 4 is 35.3 Å². The summed E-state index contributed by atoms with van der Waals surface area (Å²) in [7, 11) is 0. The predicted octanol–water partition coefficient (Wildman–Crippen LogP) is 15.2. The van der Waals surface area contributed by atoms with Crippen LogP contribution in [-0.2, 0) is 78.5 Å². The minimum atomic E-state index is -5.39. The fourth-order valence-corrected chi connectivity index (χ4v) is 11.7. The molecule has 22 heteroatoms. The number of hydrogen-bond donors (Lipinski definition) is 0. The molecule has 2 aliphatic rings. The maximum absolute atomic E-state index is 15.1. The van der Waals surface area contributed by atoms with Crippen LogP contribution in [0.1, 0.15) is 143 Å². The van der Waals surface area contributed by atoms with Crippen molar-refractivity contribution in [3.8, 4) is 22.3 Å². The molecule has 0 bridgehead atoms. The minimum absolute atomic E-state index is 0.0858. The van der Waals surface area contributed by atoms with Gasteiger partial charge in [0.1, 0.15) is 24.6 Å². The molecule has 96 heavy (non-hydrogen) atoms. The number of thioether (sulfide) groups is 2. The Morgan fingerprint density at radius 1 is 0.594 bits per heavy atom. The Kier molecular flexibility index (Phi) is 15.9. The van der Waals surface area contributed by atoms with Crippen molar-refractivity contribution in [3.05, 3.63) is 234 Å². The monoisotopic (exact) mass is 1380 g/mol. The van der Waals surface area contributed by atoms with Crippen molar-refractivity contribution in [2.24, 2.45) is 5.89 Å². The van der Waals surface area contributed by atoms with Gasteiger partial charge in [-0.05, 0) is 164 Å². The zero-order valence-corrected chi connectivity index (χ0v) is 54.3. The Labute approximate surface area is 597 Å². The van der Waals surface area contributed by atoms with Gasteiger partial charge < -0.3 is 28.7 Å². The molecular weight excluding hydrogens is 1280 g/mol. The lowest BCUT2D eigenvalue weighted by atomic mass is 9.99. The lowest BCUT2D eigenvalue weighted by Gasteiger charge is -2.33. The van der Waals surface area contributed by atoms with E-state index < -0.39 is 214 Å². The number of nitrogens with zero attached hydrogens (tertiary/aromatic N) is 8. The summed E-state index contributed by atoms with van der Waals surface area (Å²) in [6.45, 7) is -0.0357. The molecule has 10 rings (SSSR count). The van der Waals surface area contributed by atoms with E-state index in [-0.39, 0.29) is 82.1 Å². The third kappa shape index (κ3) is 18.8. The molecule has 0 saturated heterocycles. The first kappa shape index (κ1) is 46.3. The first-order valence-corrected chi connectivity index (χ1v) is 32.2. The van der Waals surface area contributed by atoms with Crippen molar-refractivity contribution in [2.45, 2.75) is 133 Å². The van der Waals surface area contributed by atoms with Crippen molar-refractivity contribution in [1.82, 2.24) is 38.7 Å². The summed E-state index contributed by atoms with van der Waals surface area (Å²) in [5.74, 6) is -8.48. The van der Waals surface area contributed by atoms with Crippen LogP contribution in [0.4, 0.5) is 35.1 Å². The Hall–Kier alpha value is -7.92. The predicted molar refractivity (Wildman–Crippen MR) is 362 cm³/mol. The summed E-state index contributed by atoms with van der Waals surface area (Å²) < 4.78 is 320. The maximum Gasteiger partial charge on any atom is 0.416 e. The first-order valence-electron chi connectivity index (χ1n) is 42.2. The van der Waals surface area contributed by atoms with Crippen molar-refractivity contribution in [1.29, 1.82) is 0 Å². The van der Waals surface area contributed by atoms with Crippen LogP contribution in [0.5, 0.6) is 0 Å². The molecule has 0 radical (unpaired) electrons. The van der Waals surface area contributed by atoms with E-state index in [0.717, 1.165) is 40.7 Å². The van der Waals surface area contributed by atoms with Gasteiger partial charge in [-0.15, -0.1) is 0 Å². The number of halogens is 8. The van der Waals surface area contributed by atoms with E-state index >= 15 is 4.79 Å². The third-order valence-electron chi connectivity index (χ3n) is 15.3. The van der Waals surface area contributed by atoms with Crippen molar-refractivity contribution in [3.63, 3.8) is 0 Å². The summed E-state index contributed by atoms with van der Waals surface area (Å²) in [6, 6.07) is -0.460. The van der Waals surface area contributed by atoms with Crippen LogP contribution in [0, 0.1) is 17.5 Å². The van der Waals surface area contributed by atoms with Crippen LogP contribution in [0.15, 0.2) is 165 Å². The molecule has 12 nitrogen and oxygen atoms in total. The molecule has 2 heterocycles. The molecule has 2 aliphatic carbocycles. The normalized spacial score (nSPS) is 20.1. The molecule has 8 aromatic rings. The number of likely N-dealkylation sites (N-methyl/N-ethyl adjacent to an activating group) is 2. The van der Waals surface area contributed by atoms with E-state index in [2.05, 4.69) is 9.97 Å². The van der Waals surface area contributed by atoms with Gasteiger partial charge in [0.25, 0.3) is 11.1 Å². The van der Waals surface area contributed by atoms with Gasteiger partial charge in [0.15, 0.2) is 10.3 Å². The van der Waals surface area contributed by atoms with Gasteiger partial charge in [-0.1, -0.05) is 155 Å².